The lowest BCUT2D eigenvalue weighted by Crippen LogP contribution is -2.15. The van der Waals surface area contributed by atoms with Crippen LogP contribution >= 0.6 is 0 Å². The van der Waals surface area contributed by atoms with Crippen molar-refractivity contribution in [3.63, 3.8) is 0 Å². The molecule has 0 atom stereocenters. The Morgan fingerprint density at radius 2 is 0.639 bits per heavy atom. The highest BCUT2D eigenvalue weighted by Gasteiger charge is 2.37. The molecule has 0 unspecified atom stereocenters. The summed E-state index contributed by atoms with van der Waals surface area (Å²) in [6.07, 6.45) is 0. The molecule has 16 rings (SSSR count). The van der Waals surface area contributed by atoms with Crippen LogP contribution in [-0.4, -0.2) is 4.57 Å². The van der Waals surface area contributed by atoms with Gasteiger partial charge < -0.3 is 14.4 Å². The highest BCUT2D eigenvalue weighted by molar-refractivity contribution is 6.12. The number of anilines is 6. The standard InChI is InChI=1S/C80H59N3/c1-79(2)71-33-17-15-31-65(71)67-41-37-56(47-73(67)79)54-39-43-77-69(45-54)70-46-55(57-38-42-68-66-32-16-18-34-72(66)80(3,4)74(68)48-57)40-44-78(70)83(77)62-50-60(81(58-25-7-5-8-26-58)75-35-19-23-52-21-11-13-29-63(52)75)49-61(51-62)82(59-27-9-6-10-28-59)76-36-20-24-53-22-12-14-30-64(53)76/h5-51H,1-4H3. The van der Waals surface area contributed by atoms with Crippen LogP contribution < -0.4 is 9.80 Å². The van der Waals surface area contributed by atoms with Crippen LogP contribution in [0, 0.1) is 0 Å². The van der Waals surface area contributed by atoms with Crippen molar-refractivity contribution >= 4 is 77.5 Å². The second kappa shape index (κ2) is 18.7. The van der Waals surface area contributed by atoms with Crippen LogP contribution in [-0.2, 0) is 10.8 Å². The molecular formula is C80H59N3. The molecule has 2 aliphatic rings. The van der Waals surface area contributed by atoms with Crippen molar-refractivity contribution in [2.45, 2.75) is 38.5 Å². The number of rotatable bonds is 9. The summed E-state index contributed by atoms with van der Waals surface area (Å²) in [5, 5.41) is 7.12. The number of hydrogen-bond donors (Lipinski definition) is 0. The first-order valence-electron chi connectivity index (χ1n) is 29.1. The van der Waals surface area contributed by atoms with Crippen molar-refractivity contribution in [3.05, 3.63) is 307 Å². The number of aromatic nitrogens is 1. The molecule has 0 N–H and O–H groups in total. The molecule has 3 heteroatoms. The smallest absolute Gasteiger partial charge is 0.0541 e. The molecular weight excluding hydrogens is 1000 g/mol. The van der Waals surface area contributed by atoms with Gasteiger partial charge in [-0.05, 0) is 169 Å². The lowest BCUT2D eigenvalue weighted by Gasteiger charge is -2.31. The molecule has 1 aromatic heterocycles. The zero-order valence-corrected chi connectivity index (χ0v) is 47.0. The van der Waals surface area contributed by atoms with Crippen LogP contribution in [0.2, 0.25) is 0 Å². The van der Waals surface area contributed by atoms with E-state index in [1.165, 1.54) is 99.1 Å². The van der Waals surface area contributed by atoms with Crippen molar-refractivity contribution in [3.8, 4) is 50.2 Å². The number of hydrogen-bond acceptors (Lipinski definition) is 2. The van der Waals surface area contributed by atoms with E-state index in [9.17, 15) is 0 Å². The quantitative estimate of drug-likeness (QED) is 0.143. The average Bonchev–Trinajstić information content (AvgIpc) is 3.61. The maximum atomic E-state index is 2.52. The van der Waals surface area contributed by atoms with E-state index < -0.39 is 0 Å². The Labute approximate surface area is 485 Å². The molecule has 0 radical (unpaired) electrons. The molecule has 1 heterocycles. The molecule has 0 saturated carbocycles. The summed E-state index contributed by atoms with van der Waals surface area (Å²) < 4.78 is 2.52. The minimum absolute atomic E-state index is 0.120. The fraction of sp³-hybridized carbons (Fsp3) is 0.0750. The molecule has 2 aliphatic carbocycles. The van der Waals surface area contributed by atoms with E-state index in [-0.39, 0.29) is 10.8 Å². The van der Waals surface area contributed by atoms with Crippen molar-refractivity contribution in [2.24, 2.45) is 0 Å². The second-order valence-electron chi connectivity index (χ2n) is 23.7. The number of para-hydroxylation sites is 2. The van der Waals surface area contributed by atoms with Crippen LogP contribution in [0.15, 0.2) is 285 Å². The Balaban J connectivity index is 0.969. The minimum Gasteiger partial charge on any atom is -0.310 e. The van der Waals surface area contributed by atoms with E-state index >= 15 is 0 Å². The van der Waals surface area contributed by atoms with Gasteiger partial charge in [-0.1, -0.05) is 222 Å². The molecule has 0 spiro atoms. The van der Waals surface area contributed by atoms with Crippen molar-refractivity contribution < 1.29 is 0 Å². The lowest BCUT2D eigenvalue weighted by molar-refractivity contribution is 0.660. The summed E-state index contributed by atoms with van der Waals surface area (Å²) >= 11 is 0. The van der Waals surface area contributed by atoms with E-state index in [1.54, 1.807) is 0 Å². The van der Waals surface area contributed by atoms with E-state index in [1.807, 2.05) is 0 Å². The Morgan fingerprint density at radius 3 is 1.11 bits per heavy atom. The molecule has 3 nitrogen and oxygen atoms in total. The molecule has 0 amide bonds. The second-order valence-corrected chi connectivity index (χ2v) is 23.7. The van der Waals surface area contributed by atoms with Gasteiger partial charge in [-0.25, -0.2) is 0 Å². The van der Waals surface area contributed by atoms with E-state index in [2.05, 4.69) is 327 Å². The normalized spacial score (nSPS) is 13.5. The Morgan fingerprint density at radius 1 is 0.265 bits per heavy atom. The third-order valence-corrected chi connectivity index (χ3v) is 18.3. The van der Waals surface area contributed by atoms with Crippen molar-refractivity contribution in [1.82, 2.24) is 4.57 Å². The Bertz CT molecular complexity index is 4610. The first-order valence-corrected chi connectivity index (χ1v) is 29.1. The van der Waals surface area contributed by atoms with Crippen LogP contribution in [0.25, 0.3) is 93.5 Å². The maximum absolute atomic E-state index is 2.52. The van der Waals surface area contributed by atoms with Gasteiger partial charge in [0.15, 0.2) is 0 Å². The van der Waals surface area contributed by atoms with Crippen LogP contribution in [0.5, 0.6) is 0 Å². The largest absolute Gasteiger partial charge is 0.310 e. The van der Waals surface area contributed by atoms with Gasteiger partial charge in [0, 0.05) is 43.7 Å². The minimum atomic E-state index is -0.120. The lowest BCUT2D eigenvalue weighted by atomic mass is 9.81. The molecule has 0 fully saturated rings. The van der Waals surface area contributed by atoms with E-state index in [4.69, 9.17) is 0 Å². The number of fused-ring (bicyclic) bond motifs is 11. The van der Waals surface area contributed by atoms with Crippen LogP contribution in [0.3, 0.4) is 0 Å². The fourth-order valence-corrected chi connectivity index (χ4v) is 14.2. The summed E-state index contributed by atoms with van der Waals surface area (Å²) in [6.45, 7) is 9.50. The summed E-state index contributed by atoms with van der Waals surface area (Å²) in [7, 11) is 0. The Hall–Kier alpha value is -10.2. The van der Waals surface area contributed by atoms with Gasteiger partial charge in [-0.3, -0.25) is 0 Å². The highest BCUT2D eigenvalue weighted by atomic mass is 15.2. The first kappa shape index (κ1) is 48.7. The molecule has 0 bridgehead atoms. The van der Waals surface area contributed by atoms with Crippen LogP contribution in [0.4, 0.5) is 34.1 Å². The monoisotopic (exact) mass is 1060 g/mol. The molecule has 0 aliphatic heterocycles. The van der Waals surface area contributed by atoms with Gasteiger partial charge in [-0.2, -0.15) is 0 Å². The SMILES string of the molecule is CC1(C)c2ccccc2-c2ccc(-c3ccc4c(c3)c3cc(-c5ccc6c(c5)C(C)(C)c5ccccc5-6)ccc3n4-c3cc(N(c4ccccc4)c4cccc5ccccc45)cc(N(c4ccccc4)c4cccc5ccccc45)c3)cc21. The third-order valence-electron chi connectivity index (χ3n) is 18.3. The third kappa shape index (κ3) is 7.65. The predicted molar refractivity (Wildman–Crippen MR) is 351 cm³/mol. The predicted octanol–water partition coefficient (Wildman–Crippen LogP) is 22.0. The van der Waals surface area contributed by atoms with Crippen LogP contribution in [0.1, 0.15) is 49.9 Å². The van der Waals surface area contributed by atoms with Crippen molar-refractivity contribution in [1.29, 1.82) is 0 Å². The summed E-state index contributed by atoms with van der Waals surface area (Å²) in [5.74, 6) is 0. The zero-order chi connectivity index (χ0) is 55.6. The molecule has 394 valence electrons. The van der Waals surface area contributed by atoms with Crippen molar-refractivity contribution in [2.75, 3.05) is 9.80 Å². The zero-order valence-electron chi connectivity index (χ0n) is 47.0. The average molecular weight is 1060 g/mol. The van der Waals surface area contributed by atoms with Gasteiger partial charge in [0.25, 0.3) is 0 Å². The van der Waals surface area contributed by atoms with Gasteiger partial charge in [0.05, 0.1) is 39.5 Å². The Kier molecular flexibility index (Phi) is 10.9. The topological polar surface area (TPSA) is 11.4 Å². The highest BCUT2D eigenvalue weighted by Crippen LogP contribution is 2.53. The number of nitrogens with zero attached hydrogens (tertiary/aromatic N) is 3. The van der Waals surface area contributed by atoms with Gasteiger partial charge in [0.2, 0.25) is 0 Å². The van der Waals surface area contributed by atoms with Gasteiger partial charge in [-0.15, -0.1) is 0 Å². The maximum Gasteiger partial charge on any atom is 0.0541 e. The fourth-order valence-electron chi connectivity index (χ4n) is 14.2. The summed E-state index contributed by atoms with van der Waals surface area (Å²) in [5.41, 5.74) is 25.2. The molecule has 0 saturated heterocycles. The van der Waals surface area contributed by atoms with Gasteiger partial charge >= 0.3 is 0 Å². The van der Waals surface area contributed by atoms with E-state index in [0.29, 0.717) is 0 Å². The summed E-state index contributed by atoms with van der Waals surface area (Å²) in [6, 6.07) is 106. The number of benzene rings is 13. The van der Waals surface area contributed by atoms with Gasteiger partial charge in [0.1, 0.15) is 0 Å². The first-order chi connectivity index (χ1) is 40.7. The summed E-state index contributed by atoms with van der Waals surface area (Å²) in [4.78, 5) is 4.90. The molecule has 83 heavy (non-hydrogen) atoms. The van der Waals surface area contributed by atoms with E-state index in [0.717, 1.165) is 50.8 Å². The molecule has 14 aromatic rings. The molecule has 13 aromatic carbocycles.